The standard InChI is InChI=1S/C24H16Cl3NO4/c1-30-23-11-15(10-17(13-28)16-3-5-18(25)6-4-16)2-8-22(23)32-24(29)14-31-21-9-7-19(26)12-20(21)27/h2-12H,14H2,1H3/b17-10+. The molecule has 0 radical (unpaired) electrons. The maximum atomic E-state index is 12.2. The molecule has 3 aromatic carbocycles. The fourth-order valence-electron chi connectivity index (χ4n) is 2.72. The number of hydrogen-bond acceptors (Lipinski definition) is 5. The summed E-state index contributed by atoms with van der Waals surface area (Å²) < 4.78 is 16.1. The average Bonchev–Trinajstić information content (AvgIpc) is 2.78. The van der Waals surface area contributed by atoms with Crippen molar-refractivity contribution in [2.45, 2.75) is 0 Å². The second-order valence-electron chi connectivity index (χ2n) is 6.42. The topological polar surface area (TPSA) is 68.5 Å². The Balaban J connectivity index is 1.72. The molecular formula is C24H16Cl3NO4. The first-order valence-corrected chi connectivity index (χ1v) is 10.4. The second-order valence-corrected chi connectivity index (χ2v) is 7.70. The van der Waals surface area contributed by atoms with Crippen LogP contribution in [0.4, 0.5) is 0 Å². The van der Waals surface area contributed by atoms with E-state index in [0.29, 0.717) is 32.7 Å². The van der Waals surface area contributed by atoms with Crippen molar-refractivity contribution in [2.75, 3.05) is 13.7 Å². The fourth-order valence-corrected chi connectivity index (χ4v) is 3.30. The highest BCUT2D eigenvalue weighted by Gasteiger charge is 2.13. The molecule has 0 fully saturated rings. The Morgan fingerprint density at radius 1 is 0.938 bits per heavy atom. The first-order chi connectivity index (χ1) is 15.4. The van der Waals surface area contributed by atoms with Crippen LogP contribution in [0.5, 0.6) is 17.2 Å². The average molecular weight is 489 g/mol. The molecule has 0 N–H and O–H groups in total. The summed E-state index contributed by atoms with van der Waals surface area (Å²) in [7, 11) is 1.45. The van der Waals surface area contributed by atoms with E-state index >= 15 is 0 Å². The summed E-state index contributed by atoms with van der Waals surface area (Å²) in [5.41, 5.74) is 1.86. The highest BCUT2D eigenvalue weighted by atomic mass is 35.5. The lowest BCUT2D eigenvalue weighted by atomic mass is 10.0. The van der Waals surface area contributed by atoms with Gasteiger partial charge in [0.05, 0.1) is 23.8 Å². The van der Waals surface area contributed by atoms with E-state index in [1.165, 1.54) is 13.2 Å². The van der Waals surface area contributed by atoms with Crippen molar-refractivity contribution in [3.05, 3.63) is 86.9 Å². The number of nitrogens with zero attached hydrogens (tertiary/aromatic N) is 1. The van der Waals surface area contributed by atoms with Gasteiger partial charge in [0.2, 0.25) is 0 Å². The molecule has 0 saturated heterocycles. The van der Waals surface area contributed by atoms with Crippen molar-refractivity contribution < 1.29 is 19.0 Å². The summed E-state index contributed by atoms with van der Waals surface area (Å²) in [5, 5.41) is 10.8. The highest BCUT2D eigenvalue weighted by Crippen LogP contribution is 2.31. The summed E-state index contributed by atoms with van der Waals surface area (Å²) in [4.78, 5) is 12.2. The molecule has 0 saturated carbocycles. The van der Waals surface area contributed by atoms with Gasteiger partial charge in [-0.2, -0.15) is 5.26 Å². The van der Waals surface area contributed by atoms with Gasteiger partial charge in [-0.05, 0) is 59.7 Å². The van der Waals surface area contributed by atoms with Crippen LogP contribution >= 0.6 is 34.8 Å². The molecule has 0 aliphatic rings. The van der Waals surface area contributed by atoms with Crippen molar-refractivity contribution in [1.29, 1.82) is 5.26 Å². The number of ether oxygens (including phenoxy) is 3. The number of rotatable bonds is 7. The molecule has 0 amide bonds. The van der Waals surface area contributed by atoms with Crippen LogP contribution in [0.2, 0.25) is 15.1 Å². The summed E-state index contributed by atoms with van der Waals surface area (Å²) in [5.74, 6) is 0.207. The second kappa shape index (κ2) is 10.9. The number of carbonyl (C=O) groups excluding carboxylic acids is 1. The Morgan fingerprint density at radius 2 is 1.62 bits per heavy atom. The fraction of sp³-hybridized carbons (Fsp3) is 0.0833. The Kier molecular flexibility index (Phi) is 8.02. The van der Waals surface area contributed by atoms with Crippen molar-refractivity contribution >= 4 is 52.4 Å². The molecule has 0 aliphatic carbocycles. The van der Waals surface area contributed by atoms with Gasteiger partial charge in [0.15, 0.2) is 18.1 Å². The van der Waals surface area contributed by atoms with E-state index in [1.807, 2.05) is 0 Å². The van der Waals surface area contributed by atoms with E-state index in [-0.39, 0.29) is 17.4 Å². The molecular weight excluding hydrogens is 473 g/mol. The van der Waals surface area contributed by atoms with Gasteiger partial charge in [-0.15, -0.1) is 0 Å². The third-order valence-corrected chi connectivity index (χ3v) is 5.02. The smallest absolute Gasteiger partial charge is 0.349 e. The van der Waals surface area contributed by atoms with Crippen molar-refractivity contribution in [3.63, 3.8) is 0 Å². The first kappa shape index (κ1) is 23.5. The molecule has 0 bridgehead atoms. The van der Waals surface area contributed by atoms with Crippen LogP contribution in [0.1, 0.15) is 11.1 Å². The monoisotopic (exact) mass is 487 g/mol. The predicted molar refractivity (Wildman–Crippen MR) is 126 cm³/mol. The zero-order chi connectivity index (χ0) is 23.1. The Hall–Kier alpha value is -3.17. The predicted octanol–water partition coefficient (Wildman–Crippen LogP) is 6.70. The van der Waals surface area contributed by atoms with Gasteiger partial charge >= 0.3 is 5.97 Å². The van der Waals surface area contributed by atoms with Crippen LogP contribution in [-0.2, 0) is 4.79 Å². The van der Waals surface area contributed by atoms with Gasteiger partial charge in [-0.3, -0.25) is 0 Å². The van der Waals surface area contributed by atoms with E-state index < -0.39 is 5.97 Å². The summed E-state index contributed by atoms with van der Waals surface area (Å²) >= 11 is 17.8. The summed E-state index contributed by atoms with van der Waals surface area (Å²) in [6, 6.07) is 18.7. The van der Waals surface area contributed by atoms with E-state index in [9.17, 15) is 10.1 Å². The van der Waals surface area contributed by atoms with Gasteiger partial charge in [0, 0.05) is 10.0 Å². The molecule has 8 heteroatoms. The largest absolute Gasteiger partial charge is 0.493 e. The minimum atomic E-state index is -0.642. The van der Waals surface area contributed by atoms with Gasteiger partial charge in [-0.1, -0.05) is 53.0 Å². The molecule has 0 aliphatic heterocycles. The number of allylic oxidation sites excluding steroid dienone is 1. The third-order valence-electron chi connectivity index (χ3n) is 4.24. The molecule has 0 atom stereocenters. The molecule has 3 rings (SSSR count). The number of hydrogen-bond donors (Lipinski definition) is 0. The zero-order valence-corrected chi connectivity index (χ0v) is 19.0. The van der Waals surface area contributed by atoms with E-state index in [4.69, 9.17) is 49.0 Å². The number of esters is 1. The van der Waals surface area contributed by atoms with Crippen molar-refractivity contribution in [2.24, 2.45) is 0 Å². The molecule has 0 aromatic heterocycles. The molecule has 3 aromatic rings. The molecule has 32 heavy (non-hydrogen) atoms. The van der Waals surface area contributed by atoms with Crippen LogP contribution in [-0.4, -0.2) is 19.7 Å². The lowest BCUT2D eigenvalue weighted by Crippen LogP contribution is -2.18. The minimum Gasteiger partial charge on any atom is -0.493 e. The SMILES string of the molecule is COc1cc(/C=C(\C#N)c2ccc(Cl)cc2)ccc1OC(=O)COc1ccc(Cl)cc1Cl. The minimum absolute atomic E-state index is 0.213. The third kappa shape index (κ3) is 6.18. The Labute approximate surface area is 200 Å². The van der Waals surface area contributed by atoms with Crippen LogP contribution in [0.3, 0.4) is 0 Å². The number of carbonyl (C=O) groups is 1. The molecule has 0 unspecified atom stereocenters. The number of halogens is 3. The zero-order valence-electron chi connectivity index (χ0n) is 16.8. The number of nitriles is 1. The first-order valence-electron chi connectivity index (χ1n) is 9.24. The molecule has 162 valence electrons. The lowest BCUT2D eigenvalue weighted by Gasteiger charge is -2.11. The van der Waals surface area contributed by atoms with Crippen molar-refractivity contribution in [1.82, 2.24) is 0 Å². The quantitative estimate of drug-likeness (QED) is 0.160. The van der Waals surface area contributed by atoms with Gasteiger partial charge in [0.1, 0.15) is 5.75 Å². The summed E-state index contributed by atoms with van der Waals surface area (Å²) in [6.07, 6.45) is 1.70. The van der Waals surface area contributed by atoms with Gasteiger partial charge < -0.3 is 14.2 Å². The lowest BCUT2D eigenvalue weighted by molar-refractivity contribution is -0.136. The van der Waals surface area contributed by atoms with E-state index in [0.717, 1.165) is 5.56 Å². The number of methoxy groups -OCH3 is 1. The molecule has 0 spiro atoms. The maximum Gasteiger partial charge on any atom is 0.349 e. The Morgan fingerprint density at radius 3 is 2.28 bits per heavy atom. The number of benzene rings is 3. The summed E-state index contributed by atoms with van der Waals surface area (Å²) in [6.45, 7) is -0.360. The van der Waals surface area contributed by atoms with Crippen LogP contribution in [0.25, 0.3) is 11.6 Å². The van der Waals surface area contributed by atoms with Gasteiger partial charge in [-0.25, -0.2) is 4.79 Å². The normalized spacial score (nSPS) is 10.9. The van der Waals surface area contributed by atoms with E-state index in [2.05, 4.69) is 6.07 Å². The van der Waals surface area contributed by atoms with Crippen LogP contribution < -0.4 is 14.2 Å². The van der Waals surface area contributed by atoms with Crippen LogP contribution in [0.15, 0.2) is 60.7 Å². The molecule has 0 heterocycles. The molecule has 5 nitrogen and oxygen atoms in total. The Bertz CT molecular complexity index is 1200. The van der Waals surface area contributed by atoms with E-state index in [1.54, 1.807) is 60.7 Å². The van der Waals surface area contributed by atoms with Crippen molar-refractivity contribution in [3.8, 4) is 23.3 Å². The maximum absolute atomic E-state index is 12.2. The van der Waals surface area contributed by atoms with Gasteiger partial charge in [0.25, 0.3) is 0 Å². The highest BCUT2D eigenvalue weighted by molar-refractivity contribution is 6.35. The van der Waals surface area contributed by atoms with Crippen LogP contribution in [0, 0.1) is 11.3 Å².